The lowest BCUT2D eigenvalue weighted by molar-refractivity contribution is -0.145. The molecule has 0 rings (SSSR count). The zero-order valence-electron chi connectivity index (χ0n) is 8.21. The number of carbonyl (C=O) groups is 2. The summed E-state index contributed by atoms with van der Waals surface area (Å²) in [5.74, 6) is -0.482. The number of ether oxygens (including phenoxy) is 1. The summed E-state index contributed by atoms with van der Waals surface area (Å²) >= 11 is 0. The predicted octanol–water partition coefficient (Wildman–Crippen LogP) is 1.86. The third kappa shape index (κ3) is 7.25. The molecule has 0 amide bonds. The van der Waals surface area contributed by atoms with Gasteiger partial charge in [-0.2, -0.15) is 0 Å². The van der Waals surface area contributed by atoms with E-state index in [1.807, 2.05) is 19.1 Å². The molecule has 0 unspecified atom stereocenters. The lowest BCUT2D eigenvalue weighted by atomic mass is 10.1. The van der Waals surface area contributed by atoms with Gasteiger partial charge in [-0.05, 0) is 20.3 Å². The first-order chi connectivity index (χ1) is 6.20. The van der Waals surface area contributed by atoms with Crippen molar-refractivity contribution in [2.24, 2.45) is 0 Å². The number of hydrogen-bond acceptors (Lipinski definition) is 3. The Labute approximate surface area is 78.8 Å². The normalized spacial score (nSPS) is 10.3. The van der Waals surface area contributed by atoms with Crippen LogP contribution in [-0.2, 0) is 14.3 Å². The molecule has 0 aliphatic heterocycles. The van der Waals surface area contributed by atoms with E-state index in [2.05, 4.69) is 4.74 Å². The highest BCUT2D eigenvalue weighted by Gasteiger charge is 2.08. The number of ketones is 1. The van der Waals surface area contributed by atoms with Crippen LogP contribution in [0.5, 0.6) is 0 Å². The minimum Gasteiger partial charge on any atom is -0.466 e. The Balaban J connectivity index is 3.55. The lowest BCUT2D eigenvalue weighted by Crippen LogP contribution is -2.10. The van der Waals surface area contributed by atoms with E-state index in [1.165, 1.54) is 0 Å². The quantitative estimate of drug-likeness (QED) is 0.359. The maximum atomic E-state index is 11.1. The third-order valence-corrected chi connectivity index (χ3v) is 1.47. The molecule has 3 heteroatoms. The second-order valence-corrected chi connectivity index (χ2v) is 2.63. The number of Topliss-reactive ketones (excluding diaryl/α,β-unsaturated/α-hetero) is 1. The fourth-order valence-corrected chi connectivity index (χ4v) is 0.872. The summed E-state index contributed by atoms with van der Waals surface area (Å²) in [4.78, 5) is 21.9. The molecule has 0 aliphatic rings. The molecular formula is C10H16O3. The average molecular weight is 184 g/mol. The summed E-state index contributed by atoms with van der Waals surface area (Å²) in [7, 11) is 0. The number of esters is 1. The van der Waals surface area contributed by atoms with Crippen molar-refractivity contribution in [2.75, 3.05) is 6.61 Å². The molecule has 0 fully saturated rings. The molecule has 0 spiro atoms. The Hall–Kier alpha value is -1.12. The number of allylic oxidation sites excluding steroid dienone is 2. The molecule has 0 aromatic carbocycles. The van der Waals surface area contributed by atoms with E-state index >= 15 is 0 Å². The second kappa shape index (κ2) is 7.53. The van der Waals surface area contributed by atoms with Gasteiger partial charge in [0, 0.05) is 6.42 Å². The van der Waals surface area contributed by atoms with Crippen molar-refractivity contribution in [1.29, 1.82) is 0 Å². The van der Waals surface area contributed by atoms with Crippen LogP contribution in [0.1, 0.15) is 33.1 Å². The van der Waals surface area contributed by atoms with Gasteiger partial charge in [-0.1, -0.05) is 12.2 Å². The van der Waals surface area contributed by atoms with Crippen LogP contribution >= 0.6 is 0 Å². The van der Waals surface area contributed by atoms with E-state index in [9.17, 15) is 9.59 Å². The van der Waals surface area contributed by atoms with Crippen LogP contribution in [0.25, 0.3) is 0 Å². The second-order valence-electron chi connectivity index (χ2n) is 2.63. The molecule has 0 bridgehead atoms. The minimum absolute atomic E-state index is 0.0587. The lowest BCUT2D eigenvalue weighted by Gasteiger charge is -1.99. The van der Waals surface area contributed by atoms with Gasteiger partial charge in [0.05, 0.1) is 6.61 Å². The van der Waals surface area contributed by atoms with Crippen LogP contribution in [0.2, 0.25) is 0 Å². The fourth-order valence-electron chi connectivity index (χ4n) is 0.872. The zero-order chi connectivity index (χ0) is 10.1. The number of hydrogen-bond donors (Lipinski definition) is 0. The van der Waals surface area contributed by atoms with Crippen LogP contribution in [0.4, 0.5) is 0 Å². The summed E-state index contributed by atoms with van der Waals surface area (Å²) < 4.78 is 4.64. The van der Waals surface area contributed by atoms with Crippen molar-refractivity contribution in [3.05, 3.63) is 12.2 Å². The molecule has 74 valence electrons. The van der Waals surface area contributed by atoms with Gasteiger partial charge in [-0.25, -0.2) is 0 Å². The first kappa shape index (κ1) is 11.9. The Kier molecular flexibility index (Phi) is 6.88. The Bertz CT molecular complexity index is 194. The maximum Gasteiger partial charge on any atom is 0.313 e. The van der Waals surface area contributed by atoms with E-state index in [-0.39, 0.29) is 12.2 Å². The van der Waals surface area contributed by atoms with Gasteiger partial charge in [0.2, 0.25) is 0 Å². The molecule has 0 saturated carbocycles. The first-order valence-electron chi connectivity index (χ1n) is 4.49. The Morgan fingerprint density at radius 3 is 2.62 bits per heavy atom. The standard InChI is InChI=1S/C10H16O3/c1-3-5-6-7-9(11)8-10(12)13-4-2/h3,5H,4,6-8H2,1-2H3. The molecule has 0 aromatic heterocycles. The predicted molar refractivity (Wildman–Crippen MR) is 50.3 cm³/mol. The SMILES string of the molecule is CC=CCCC(=O)CC(=O)OCC. The van der Waals surface area contributed by atoms with Crippen LogP contribution in [0, 0.1) is 0 Å². The van der Waals surface area contributed by atoms with Crippen LogP contribution in [-0.4, -0.2) is 18.4 Å². The summed E-state index contributed by atoms with van der Waals surface area (Å²) in [5.41, 5.74) is 0. The van der Waals surface area contributed by atoms with E-state index in [0.29, 0.717) is 19.4 Å². The molecule has 0 radical (unpaired) electrons. The van der Waals surface area contributed by atoms with Gasteiger partial charge in [0.15, 0.2) is 0 Å². The molecule has 0 atom stereocenters. The van der Waals surface area contributed by atoms with Crippen molar-refractivity contribution < 1.29 is 14.3 Å². The van der Waals surface area contributed by atoms with Crippen molar-refractivity contribution in [3.8, 4) is 0 Å². The largest absolute Gasteiger partial charge is 0.466 e. The van der Waals surface area contributed by atoms with Crippen molar-refractivity contribution in [1.82, 2.24) is 0 Å². The van der Waals surface area contributed by atoms with Gasteiger partial charge in [-0.3, -0.25) is 9.59 Å². The van der Waals surface area contributed by atoms with Gasteiger partial charge >= 0.3 is 5.97 Å². The molecule has 0 N–H and O–H groups in total. The Morgan fingerprint density at radius 2 is 2.08 bits per heavy atom. The summed E-state index contributed by atoms with van der Waals surface area (Å²) in [5, 5.41) is 0. The van der Waals surface area contributed by atoms with Gasteiger partial charge in [0.1, 0.15) is 12.2 Å². The Morgan fingerprint density at radius 1 is 1.38 bits per heavy atom. The van der Waals surface area contributed by atoms with Gasteiger partial charge in [0.25, 0.3) is 0 Å². The van der Waals surface area contributed by atoms with Gasteiger partial charge < -0.3 is 4.74 Å². The van der Waals surface area contributed by atoms with Crippen molar-refractivity contribution in [2.45, 2.75) is 33.1 Å². The average Bonchev–Trinajstić information content (AvgIpc) is 2.05. The van der Waals surface area contributed by atoms with Gasteiger partial charge in [-0.15, -0.1) is 0 Å². The van der Waals surface area contributed by atoms with E-state index in [4.69, 9.17) is 0 Å². The summed E-state index contributed by atoms with van der Waals surface area (Å²) in [6, 6.07) is 0. The van der Waals surface area contributed by atoms with E-state index < -0.39 is 5.97 Å². The number of rotatable bonds is 6. The van der Waals surface area contributed by atoms with Crippen LogP contribution < -0.4 is 0 Å². The van der Waals surface area contributed by atoms with E-state index in [0.717, 1.165) is 0 Å². The number of carbonyl (C=O) groups excluding carboxylic acids is 2. The minimum atomic E-state index is -0.423. The van der Waals surface area contributed by atoms with Crippen LogP contribution in [0.3, 0.4) is 0 Å². The van der Waals surface area contributed by atoms with Crippen molar-refractivity contribution >= 4 is 11.8 Å². The third-order valence-electron chi connectivity index (χ3n) is 1.47. The molecule has 0 aliphatic carbocycles. The highest BCUT2D eigenvalue weighted by atomic mass is 16.5. The highest BCUT2D eigenvalue weighted by Crippen LogP contribution is 1.98. The molecular weight excluding hydrogens is 168 g/mol. The highest BCUT2D eigenvalue weighted by molar-refractivity contribution is 5.95. The van der Waals surface area contributed by atoms with Crippen LogP contribution in [0.15, 0.2) is 12.2 Å². The smallest absolute Gasteiger partial charge is 0.313 e. The summed E-state index contributed by atoms with van der Waals surface area (Å²) in [6.45, 7) is 3.96. The molecule has 13 heavy (non-hydrogen) atoms. The summed E-state index contributed by atoms with van der Waals surface area (Å²) in [6.07, 6.45) is 4.82. The molecule has 0 heterocycles. The molecule has 0 saturated heterocycles. The molecule has 3 nitrogen and oxygen atoms in total. The zero-order valence-corrected chi connectivity index (χ0v) is 8.21. The monoisotopic (exact) mass is 184 g/mol. The van der Waals surface area contributed by atoms with Crippen molar-refractivity contribution in [3.63, 3.8) is 0 Å². The topological polar surface area (TPSA) is 43.4 Å². The maximum absolute atomic E-state index is 11.1. The van der Waals surface area contributed by atoms with E-state index in [1.54, 1.807) is 6.92 Å². The first-order valence-corrected chi connectivity index (χ1v) is 4.49. The molecule has 0 aromatic rings. The fraction of sp³-hybridized carbons (Fsp3) is 0.600.